The molecule has 4 amide bonds. The van der Waals surface area contributed by atoms with E-state index in [1.807, 2.05) is 13.0 Å². The van der Waals surface area contributed by atoms with Crippen molar-refractivity contribution in [3.63, 3.8) is 0 Å². The summed E-state index contributed by atoms with van der Waals surface area (Å²) in [5, 5.41) is 8.36. The molecule has 1 unspecified atom stereocenters. The first-order chi connectivity index (χ1) is 26.3. The van der Waals surface area contributed by atoms with Gasteiger partial charge >= 0.3 is 12.1 Å². The summed E-state index contributed by atoms with van der Waals surface area (Å²) in [6.07, 6.45) is 1.98. The molecule has 288 valence electrons. The Kier molecular flexibility index (Phi) is 13.4. The second-order valence-electron chi connectivity index (χ2n) is 13.5. The van der Waals surface area contributed by atoms with Gasteiger partial charge in [-0.2, -0.15) is 0 Å². The van der Waals surface area contributed by atoms with Gasteiger partial charge in [0, 0.05) is 27.6 Å². The molecular weight excluding hydrogens is 741 g/mol. The molecule has 1 aromatic heterocycles. The molecule has 0 bridgehead atoms. The van der Waals surface area contributed by atoms with Crippen molar-refractivity contribution < 1.29 is 38.2 Å². The van der Waals surface area contributed by atoms with Gasteiger partial charge in [0.15, 0.2) is 0 Å². The number of thioether (sulfide) groups is 1. The van der Waals surface area contributed by atoms with E-state index in [4.69, 9.17) is 14.2 Å². The number of hydrogen-bond acceptors (Lipinski definition) is 10. The van der Waals surface area contributed by atoms with Crippen LogP contribution in [0.1, 0.15) is 70.8 Å². The van der Waals surface area contributed by atoms with Crippen LogP contribution in [0, 0.1) is 0 Å². The zero-order valence-corrected chi connectivity index (χ0v) is 33.2. The summed E-state index contributed by atoms with van der Waals surface area (Å²) in [6.45, 7) is 7.88. The van der Waals surface area contributed by atoms with Gasteiger partial charge in [0.25, 0.3) is 11.8 Å². The van der Waals surface area contributed by atoms with Gasteiger partial charge in [0.1, 0.15) is 22.0 Å². The van der Waals surface area contributed by atoms with Crippen molar-refractivity contribution >= 4 is 69.6 Å². The second-order valence-corrected chi connectivity index (χ2v) is 15.9. The van der Waals surface area contributed by atoms with Gasteiger partial charge < -0.3 is 35.1 Å². The number of thiophene rings is 1. The Morgan fingerprint density at radius 3 is 2.38 bits per heavy atom. The van der Waals surface area contributed by atoms with E-state index in [1.54, 1.807) is 112 Å². The number of amides is 4. The van der Waals surface area contributed by atoms with Gasteiger partial charge in [-0.1, -0.05) is 43.3 Å². The van der Waals surface area contributed by atoms with Crippen LogP contribution in [-0.4, -0.2) is 66.3 Å². The molecular formula is C41H44N4O8S2. The van der Waals surface area contributed by atoms with Crippen LogP contribution in [0.2, 0.25) is 0 Å². The van der Waals surface area contributed by atoms with Crippen LogP contribution in [0.3, 0.4) is 0 Å². The predicted octanol–water partition coefficient (Wildman–Crippen LogP) is 7.76. The summed E-state index contributed by atoms with van der Waals surface area (Å²) in [5.41, 5.74) is 1.87. The Labute approximate surface area is 328 Å². The van der Waals surface area contributed by atoms with Crippen molar-refractivity contribution in [2.45, 2.75) is 62.8 Å². The van der Waals surface area contributed by atoms with Crippen LogP contribution in [-0.2, 0) is 32.0 Å². The van der Waals surface area contributed by atoms with E-state index >= 15 is 0 Å². The summed E-state index contributed by atoms with van der Waals surface area (Å²) in [5.74, 6) is -1.30. The van der Waals surface area contributed by atoms with Gasteiger partial charge in [-0.3, -0.25) is 14.4 Å². The fraction of sp³-hybridized carbons (Fsp3) is 0.293. The highest BCUT2D eigenvalue weighted by Crippen LogP contribution is 2.39. The lowest BCUT2D eigenvalue weighted by Gasteiger charge is -2.30. The molecule has 0 spiro atoms. The third-order valence-electron chi connectivity index (χ3n) is 8.30. The third kappa shape index (κ3) is 10.8. The summed E-state index contributed by atoms with van der Waals surface area (Å²) in [4.78, 5) is 69.4. The Balaban J connectivity index is 1.31. The average Bonchev–Trinajstić information content (AvgIpc) is 3.53. The van der Waals surface area contributed by atoms with Crippen LogP contribution >= 0.6 is 23.1 Å². The van der Waals surface area contributed by atoms with Crippen LogP contribution in [0.5, 0.6) is 5.75 Å². The molecule has 12 nitrogen and oxygen atoms in total. The molecule has 0 saturated carbocycles. The summed E-state index contributed by atoms with van der Waals surface area (Å²) >= 11 is 2.55. The first kappa shape index (κ1) is 40.6. The second kappa shape index (κ2) is 18.2. The monoisotopic (exact) mass is 784 g/mol. The molecule has 0 radical (unpaired) electrons. The Morgan fingerprint density at radius 1 is 0.945 bits per heavy atom. The lowest BCUT2D eigenvalue weighted by Crippen LogP contribution is -2.39. The molecule has 0 aliphatic carbocycles. The van der Waals surface area contributed by atoms with Gasteiger partial charge in [-0.05, 0) is 93.3 Å². The molecule has 4 aromatic rings. The van der Waals surface area contributed by atoms with E-state index in [1.165, 1.54) is 30.2 Å². The summed E-state index contributed by atoms with van der Waals surface area (Å²) < 4.78 is 16.0. The van der Waals surface area contributed by atoms with Gasteiger partial charge in [-0.25, -0.2) is 9.59 Å². The van der Waals surface area contributed by atoms with Gasteiger partial charge in [0.05, 0.1) is 31.6 Å². The summed E-state index contributed by atoms with van der Waals surface area (Å²) in [7, 11) is 2.83. The Bertz CT molecular complexity index is 2090. The van der Waals surface area contributed by atoms with E-state index in [0.717, 1.165) is 10.4 Å². The summed E-state index contributed by atoms with van der Waals surface area (Å²) in [6, 6.07) is 22.7. The highest BCUT2D eigenvalue weighted by atomic mass is 32.2. The number of nitrogens with zero attached hydrogens (tertiary/aromatic N) is 1. The molecule has 3 aromatic carbocycles. The minimum atomic E-state index is -0.654. The molecule has 1 atom stereocenters. The maximum Gasteiger partial charge on any atom is 0.410 e. The van der Waals surface area contributed by atoms with Crippen molar-refractivity contribution in [2.75, 3.05) is 31.4 Å². The zero-order chi connectivity index (χ0) is 39.7. The van der Waals surface area contributed by atoms with Crippen molar-refractivity contribution in [1.29, 1.82) is 0 Å². The number of benzene rings is 3. The van der Waals surface area contributed by atoms with Crippen LogP contribution in [0.25, 0.3) is 6.08 Å². The number of nitrogens with one attached hydrogen (secondary N) is 3. The fourth-order valence-electron chi connectivity index (χ4n) is 5.66. The molecule has 2 heterocycles. The Morgan fingerprint density at radius 2 is 1.69 bits per heavy atom. The minimum absolute atomic E-state index is 0.0141. The lowest BCUT2D eigenvalue weighted by molar-refractivity contribution is -0.116. The number of methoxy groups -OCH3 is 2. The van der Waals surface area contributed by atoms with Crippen molar-refractivity contribution in [3.05, 3.63) is 112 Å². The highest BCUT2D eigenvalue weighted by Gasteiger charge is 2.33. The first-order valence-electron chi connectivity index (χ1n) is 17.6. The third-order valence-corrected chi connectivity index (χ3v) is 10.8. The SMILES string of the molecule is CCC(Sc1cccc(NC(=O)/C(=C/c2cccc(OC)c2)NC(=O)c2ccccc2)c1)C(=O)Nc1sc2c(c1C(=O)OC)CCN(C(=O)OC(C)(C)C)C2. The van der Waals surface area contributed by atoms with E-state index in [9.17, 15) is 24.0 Å². The topological polar surface area (TPSA) is 152 Å². The number of ether oxygens (including phenoxy) is 3. The lowest BCUT2D eigenvalue weighted by atomic mass is 10.0. The molecule has 0 fully saturated rings. The Hall–Kier alpha value is -5.60. The number of carbonyl (C=O) groups is 5. The van der Waals surface area contributed by atoms with Crippen molar-refractivity contribution in [1.82, 2.24) is 10.2 Å². The zero-order valence-electron chi connectivity index (χ0n) is 31.5. The molecule has 5 rings (SSSR count). The number of hydrogen-bond donors (Lipinski definition) is 3. The van der Waals surface area contributed by atoms with Crippen LogP contribution < -0.4 is 20.7 Å². The van der Waals surface area contributed by atoms with E-state index in [0.29, 0.717) is 57.4 Å². The smallest absolute Gasteiger partial charge is 0.410 e. The first-order valence-corrected chi connectivity index (χ1v) is 19.3. The highest BCUT2D eigenvalue weighted by molar-refractivity contribution is 8.00. The van der Waals surface area contributed by atoms with Crippen LogP contribution in [0.15, 0.2) is 89.5 Å². The molecule has 1 aliphatic rings. The average molecular weight is 785 g/mol. The number of rotatable bonds is 12. The predicted molar refractivity (Wildman–Crippen MR) is 215 cm³/mol. The fourth-order valence-corrected chi connectivity index (χ4v) is 7.92. The maximum absolute atomic E-state index is 13.8. The maximum atomic E-state index is 13.8. The van der Waals surface area contributed by atoms with Crippen molar-refractivity contribution in [2.24, 2.45) is 0 Å². The van der Waals surface area contributed by atoms with E-state index in [2.05, 4.69) is 16.0 Å². The van der Waals surface area contributed by atoms with Crippen LogP contribution in [0.4, 0.5) is 15.5 Å². The quantitative estimate of drug-likeness (QED) is 0.0744. The number of anilines is 2. The molecule has 3 N–H and O–H groups in total. The minimum Gasteiger partial charge on any atom is -0.497 e. The molecule has 1 aliphatic heterocycles. The normalized spacial score (nSPS) is 13.2. The number of fused-ring (bicyclic) bond motifs is 1. The van der Waals surface area contributed by atoms with Gasteiger partial charge in [0.2, 0.25) is 5.91 Å². The van der Waals surface area contributed by atoms with Gasteiger partial charge in [-0.15, -0.1) is 23.1 Å². The van der Waals surface area contributed by atoms with E-state index < -0.39 is 34.7 Å². The standard InChI is InChI=1S/C41H44N4O8S2/c1-7-32(37(48)44-38-34(39(49)52-6)30-19-20-45(24-33(30)55-38)40(50)53-41(2,3)4)54-29-18-12-16-27(23-29)42-36(47)31(22-25-13-11-17-28(21-25)51-5)43-35(46)26-14-9-8-10-15-26/h8-18,21-23,32H,7,19-20,24H2,1-6H3,(H,42,47)(H,43,46)(H,44,48)/b31-22-. The van der Waals surface area contributed by atoms with E-state index in [-0.39, 0.29) is 18.1 Å². The molecule has 55 heavy (non-hydrogen) atoms. The number of esters is 1. The number of carbonyl (C=O) groups excluding carboxylic acids is 5. The molecule has 14 heteroatoms. The largest absolute Gasteiger partial charge is 0.497 e. The van der Waals surface area contributed by atoms with Crippen molar-refractivity contribution in [3.8, 4) is 5.75 Å². The molecule has 0 saturated heterocycles.